The van der Waals surface area contributed by atoms with E-state index in [4.69, 9.17) is 23.3 Å². The van der Waals surface area contributed by atoms with Crippen molar-refractivity contribution in [2.45, 2.75) is 238 Å². The van der Waals surface area contributed by atoms with E-state index in [0.717, 1.165) is 141 Å². The molecule has 12 heteroatoms. The lowest BCUT2D eigenvalue weighted by Gasteiger charge is -2.21. The Labute approximate surface area is 462 Å². The summed E-state index contributed by atoms with van der Waals surface area (Å²) in [6.45, 7) is 4.32. The highest BCUT2D eigenvalue weighted by Crippen LogP contribution is 2.43. The standard InChI is InChI=1S/C64H105O11P/c1-4-7-10-13-16-19-22-25-27-29-30-32-34-37-40-43-46-49-52-55-64(68)75-61(57-71-62(66)53-50-47-44-41-38-35-24-21-18-15-12-9-6-3)59-73-76(69,70)72-58-60(56-65)74-63(67)54-51-48-45-42-39-36-33-31-28-26-23-20-17-14-11-8-5-2/h7-8,10-11,16-17,19-21,24-28,30,32-33,36-37,40,60-61,65H,4-6,9,12-15,18,22-23,29,31,34-35,38-39,41-59H2,1-3H3,(H,69,70)/b10-7-,11-8-,19-16-,20-17-,24-21-,27-25-,28-26-,32-30-,36-33-,40-37-. The number of phosphoric ester groups is 1. The number of hydrogen-bond acceptors (Lipinski definition) is 10. The summed E-state index contributed by atoms with van der Waals surface area (Å²) in [4.78, 5) is 48.6. The molecule has 0 radical (unpaired) electrons. The summed E-state index contributed by atoms with van der Waals surface area (Å²) in [7, 11) is -4.77. The van der Waals surface area contributed by atoms with Gasteiger partial charge in [0, 0.05) is 19.3 Å². The molecule has 11 nitrogen and oxygen atoms in total. The fourth-order valence-electron chi connectivity index (χ4n) is 7.43. The predicted molar refractivity (Wildman–Crippen MR) is 316 cm³/mol. The number of aliphatic hydroxyl groups is 1. The molecule has 3 unspecified atom stereocenters. The molecule has 0 fully saturated rings. The molecule has 0 aliphatic heterocycles. The molecule has 0 rings (SSSR count). The van der Waals surface area contributed by atoms with Crippen molar-refractivity contribution in [3.05, 3.63) is 122 Å². The van der Waals surface area contributed by atoms with Crippen LogP contribution in [0, 0.1) is 0 Å². The Morgan fingerprint density at radius 1 is 0.382 bits per heavy atom. The van der Waals surface area contributed by atoms with E-state index < -0.39 is 57.8 Å². The Morgan fingerprint density at radius 2 is 0.684 bits per heavy atom. The maximum atomic E-state index is 12.9. The SMILES string of the molecule is CC/C=C\C/C=C\C/C=C\C/C=C\C/C=C\CCCCCC(=O)OC(COC(=O)CCCCCCC/C=C\CCCCCC)COP(=O)(O)OCC(CO)OC(=O)CCCCCC/C=C\C/C=C\C/C=C\C/C=C\CC. The average molecular weight is 1080 g/mol. The van der Waals surface area contributed by atoms with Gasteiger partial charge >= 0.3 is 25.7 Å². The number of unbranched alkanes of at least 4 members (excludes halogenated alkanes) is 16. The third-order valence-electron chi connectivity index (χ3n) is 11.8. The molecule has 0 bridgehead atoms. The summed E-state index contributed by atoms with van der Waals surface area (Å²) < 4.78 is 39.5. The molecule has 0 amide bonds. The normalized spacial score (nSPS) is 14.2. The van der Waals surface area contributed by atoms with Gasteiger partial charge in [-0.1, -0.05) is 200 Å². The molecular weight excluding hydrogens is 976 g/mol. The van der Waals surface area contributed by atoms with Crippen molar-refractivity contribution >= 4 is 25.7 Å². The van der Waals surface area contributed by atoms with E-state index in [-0.39, 0.29) is 25.9 Å². The molecule has 0 aromatic heterocycles. The number of carbonyl (C=O) groups is 3. The molecule has 0 aromatic carbocycles. The van der Waals surface area contributed by atoms with Gasteiger partial charge in [0.15, 0.2) is 6.10 Å². The van der Waals surface area contributed by atoms with Crippen LogP contribution in [-0.4, -0.2) is 66.5 Å². The molecule has 76 heavy (non-hydrogen) atoms. The summed E-state index contributed by atoms with van der Waals surface area (Å²) in [6.07, 6.45) is 70.1. The molecule has 0 aromatic rings. The summed E-state index contributed by atoms with van der Waals surface area (Å²) in [5.41, 5.74) is 0. The molecular formula is C64H105O11P. The molecule has 0 saturated heterocycles. The van der Waals surface area contributed by atoms with Crippen molar-refractivity contribution in [3.8, 4) is 0 Å². The maximum absolute atomic E-state index is 12.9. The van der Waals surface area contributed by atoms with Crippen molar-refractivity contribution in [1.29, 1.82) is 0 Å². The number of ether oxygens (including phenoxy) is 3. The average Bonchev–Trinajstić information content (AvgIpc) is 3.41. The zero-order chi connectivity index (χ0) is 55.5. The lowest BCUT2D eigenvalue weighted by molar-refractivity contribution is -0.161. The van der Waals surface area contributed by atoms with Crippen LogP contribution in [0.5, 0.6) is 0 Å². The number of allylic oxidation sites excluding steroid dienone is 20. The first-order valence-electron chi connectivity index (χ1n) is 29.4. The summed E-state index contributed by atoms with van der Waals surface area (Å²) in [6, 6.07) is 0. The number of phosphoric acid groups is 1. The van der Waals surface area contributed by atoms with Crippen molar-refractivity contribution in [1.82, 2.24) is 0 Å². The second-order valence-electron chi connectivity index (χ2n) is 19.0. The summed E-state index contributed by atoms with van der Waals surface area (Å²) in [5, 5.41) is 9.82. The molecule has 0 spiro atoms. The van der Waals surface area contributed by atoms with Crippen LogP contribution in [0.15, 0.2) is 122 Å². The van der Waals surface area contributed by atoms with Gasteiger partial charge in [0.2, 0.25) is 0 Å². The van der Waals surface area contributed by atoms with Gasteiger partial charge in [-0.25, -0.2) is 4.57 Å². The first kappa shape index (κ1) is 71.9. The highest BCUT2D eigenvalue weighted by Gasteiger charge is 2.28. The van der Waals surface area contributed by atoms with Gasteiger partial charge in [0.1, 0.15) is 12.7 Å². The van der Waals surface area contributed by atoms with Crippen LogP contribution in [0.1, 0.15) is 226 Å². The van der Waals surface area contributed by atoms with Gasteiger partial charge in [0.05, 0.1) is 19.8 Å². The molecule has 2 N–H and O–H groups in total. The van der Waals surface area contributed by atoms with E-state index in [9.17, 15) is 28.9 Å². The Morgan fingerprint density at radius 3 is 1.08 bits per heavy atom. The van der Waals surface area contributed by atoms with E-state index in [1.807, 2.05) is 0 Å². The first-order chi connectivity index (χ1) is 37.2. The fourth-order valence-corrected chi connectivity index (χ4v) is 8.21. The Hall–Kier alpha value is -4.12. The second-order valence-corrected chi connectivity index (χ2v) is 20.5. The van der Waals surface area contributed by atoms with E-state index in [1.165, 1.54) is 25.7 Å². The molecule has 0 heterocycles. The van der Waals surface area contributed by atoms with E-state index in [2.05, 4.69) is 142 Å². The van der Waals surface area contributed by atoms with Gasteiger partial charge in [0.25, 0.3) is 0 Å². The number of aliphatic hydroxyl groups excluding tert-OH is 1. The van der Waals surface area contributed by atoms with Crippen molar-refractivity contribution in [2.24, 2.45) is 0 Å². The van der Waals surface area contributed by atoms with Gasteiger partial charge in [-0.15, -0.1) is 0 Å². The van der Waals surface area contributed by atoms with Crippen LogP contribution in [0.2, 0.25) is 0 Å². The van der Waals surface area contributed by atoms with Crippen LogP contribution in [0.25, 0.3) is 0 Å². The van der Waals surface area contributed by atoms with Crippen molar-refractivity contribution in [3.63, 3.8) is 0 Å². The topological polar surface area (TPSA) is 155 Å². The molecule has 0 saturated carbocycles. The van der Waals surface area contributed by atoms with Crippen LogP contribution in [0.4, 0.5) is 0 Å². The quantitative estimate of drug-likeness (QED) is 0.0197. The number of esters is 3. The fraction of sp³-hybridized carbons (Fsp3) is 0.641. The van der Waals surface area contributed by atoms with E-state index >= 15 is 0 Å². The van der Waals surface area contributed by atoms with Gasteiger partial charge < -0.3 is 24.2 Å². The second kappa shape index (κ2) is 57.1. The highest BCUT2D eigenvalue weighted by atomic mass is 31.2. The maximum Gasteiger partial charge on any atom is 0.472 e. The molecule has 3 atom stereocenters. The van der Waals surface area contributed by atoms with Crippen molar-refractivity contribution < 1.29 is 52.2 Å². The number of hydrogen-bond donors (Lipinski definition) is 2. The smallest absolute Gasteiger partial charge is 0.462 e. The Balaban J connectivity index is 4.81. The van der Waals surface area contributed by atoms with Crippen molar-refractivity contribution in [2.75, 3.05) is 26.4 Å². The lowest BCUT2D eigenvalue weighted by atomic mass is 10.1. The number of rotatable bonds is 53. The van der Waals surface area contributed by atoms with Gasteiger partial charge in [-0.05, 0) is 128 Å². The van der Waals surface area contributed by atoms with Gasteiger partial charge in [-0.2, -0.15) is 0 Å². The summed E-state index contributed by atoms with van der Waals surface area (Å²) in [5.74, 6) is -1.55. The Kier molecular flexibility index (Phi) is 54.0. The molecule has 432 valence electrons. The van der Waals surface area contributed by atoms with E-state index in [0.29, 0.717) is 19.3 Å². The highest BCUT2D eigenvalue weighted by molar-refractivity contribution is 7.47. The minimum atomic E-state index is -4.77. The minimum Gasteiger partial charge on any atom is -0.462 e. The zero-order valence-electron chi connectivity index (χ0n) is 47.7. The van der Waals surface area contributed by atoms with Gasteiger partial charge in [-0.3, -0.25) is 23.4 Å². The first-order valence-corrected chi connectivity index (χ1v) is 30.9. The monoisotopic (exact) mass is 1080 g/mol. The molecule has 0 aliphatic rings. The third kappa shape index (κ3) is 54.7. The van der Waals surface area contributed by atoms with Crippen LogP contribution in [-0.2, 0) is 42.2 Å². The Bertz CT molecular complexity index is 1740. The summed E-state index contributed by atoms with van der Waals surface area (Å²) >= 11 is 0. The zero-order valence-corrected chi connectivity index (χ0v) is 48.6. The van der Waals surface area contributed by atoms with E-state index in [1.54, 1.807) is 0 Å². The van der Waals surface area contributed by atoms with Crippen LogP contribution >= 0.6 is 7.82 Å². The lowest BCUT2D eigenvalue weighted by Crippen LogP contribution is -2.30. The predicted octanol–water partition coefficient (Wildman–Crippen LogP) is 17.6. The third-order valence-corrected chi connectivity index (χ3v) is 12.8. The van der Waals surface area contributed by atoms with Crippen LogP contribution < -0.4 is 0 Å². The minimum absolute atomic E-state index is 0.119. The van der Waals surface area contributed by atoms with Crippen LogP contribution in [0.3, 0.4) is 0 Å². The molecule has 0 aliphatic carbocycles. The number of carbonyl (C=O) groups excluding carboxylic acids is 3. The largest absolute Gasteiger partial charge is 0.472 e.